The van der Waals surface area contributed by atoms with Crippen LogP contribution in [0, 0.1) is 6.92 Å². The van der Waals surface area contributed by atoms with E-state index in [-0.39, 0.29) is 5.91 Å². The number of anilines is 1. The van der Waals surface area contributed by atoms with Gasteiger partial charge in [0.05, 0.1) is 5.56 Å². The Bertz CT molecular complexity index is 414. The Kier molecular flexibility index (Phi) is 6.36. The van der Waals surface area contributed by atoms with Crippen molar-refractivity contribution in [1.29, 1.82) is 0 Å². The van der Waals surface area contributed by atoms with E-state index in [2.05, 4.69) is 24.1 Å². The van der Waals surface area contributed by atoms with Crippen molar-refractivity contribution in [3.05, 3.63) is 29.3 Å². The monoisotopic (exact) mass is 263 g/mol. The summed E-state index contributed by atoms with van der Waals surface area (Å²) in [6, 6.07) is 5.51. The molecule has 106 valence electrons. The number of aryl methyl sites for hydroxylation is 1. The third-order valence-corrected chi connectivity index (χ3v) is 3.28. The Morgan fingerprint density at radius 2 is 2.00 bits per heavy atom. The summed E-state index contributed by atoms with van der Waals surface area (Å²) in [4.78, 5) is 14.3. The summed E-state index contributed by atoms with van der Waals surface area (Å²) >= 11 is 0. The summed E-state index contributed by atoms with van der Waals surface area (Å²) in [5.41, 5.74) is 8.02. The predicted octanol–water partition coefficient (Wildman–Crippen LogP) is 2.04. The van der Waals surface area contributed by atoms with Gasteiger partial charge in [0.15, 0.2) is 0 Å². The molecule has 1 aromatic carbocycles. The highest BCUT2D eigenvalue weighted by molar-refractivity contribution is 5.99. The maximum Gasteiger partial charge on any atom is 0.253 e. The Labute approximate surface area is 116 Å². The smallest absolute Gasteiger partial charge is 0.253 e. The second kappa shape index (κ2) is 7.79. The summed E-state index contributed by atoms with van der Waals surface area (Å²) in [6.07, 6.45) is 0.958. The van der Waals surface area contributed by atoms with Gasteiger partial charge in [0, 0.05) is 12.2 Å². The maximum atomic E-state index is 12.0. The van der Waals surface area contributed by atoms with Gasteiger partial charge in [-0.3, -0.25) is 4.79 Å². The third-order valence-electron chi connectivity index (χ3n) is 3.28. The van der Waals surface area contributed by atoms with Gasteiger partial charge in [-0.1, -0.05) is 19.9 Å². The molecule has 0 heterocycles. The minimum atomic E-state index is -0.0861. The quantitative estimate of drug-likeness (QED) is 0.584. The molecule has 0 saturated carbocycles. The molecule has 1 rings (SSSR count). The zero-order valence-electron chi connectivity index (χ0n) is 12.2. The molecule has 0 aromatic heterocycles. The molecular weight excluding hydrogens is 238 g/mol. The van der Waals surface area contributed by atoms with E-state index in [1.54, 1.807) is 6.07 Å². The number of rotatable bonds is 7. The SMILES string of the molecule is CCN(CC)CCCNC(=O)c1ccc(C)cc1N. The zero-order chi connectivity index (χ0) is 14.3. The van der Waals surface area contributed by atoms with Gasteiger partial charge in [0.2, 0.25) is 0 Å². The van der Waals surface area contributed by atoms with Gasteiger partial charge in [-0.2, -0.15) is 0 Å². The molecule has 0 spiro atoms. The Morgan fingerprint density at radius 3 is 2.58 bits per heavy atom. The van der Waals surface area contributed by atoms with Crippen LogP contribution < -0.4 is 11.1 Å². The van der Waals surface area contributed by atoms with E-state index in [9.17, 15) is 4.79 Å². The molecule has 0 aliphatic heterocycles. The third kappa shape index (κ3) is 4.91. The number of carbonyl (C=O) groups excluding carboxylic acids is 1. The Balaban J connectivity index is 2.39. The van der Waals surface area contributed by atoms with E-state index in [4.69, 9.17) is 5.73 Å². The average molecular weight is 263 g/mol. The first kappa shape index (κ1) is 15.5. The second-order valence-corrected chi connectivity index (χ2v) is 4.73. The van der Waals surface area contributed by atoms with Crippen LogP contribution in [0.5, 0.6) is 0 Å². The molecule has 0 saturated heterocycles. The summed E-state index contributed by atoms with van der Waals surface area (Å²) < 4.78 is 0. The van der Waals surface area contributed by atoms with Gasteiger partial charge in [-0.15, -0.1) is 0 Å². The largest absolute Gasteiger partial charge is 0.398 e. The van der Waals surface area contributed by atoms with Gasteiger partial charge in [-0.25, -0.2) is 0 Å². The van der Waals surface area contributed by atoms with Gasteiger partial charge in [-0.05, 0) is 50.7 Å². The van der Waals surface area contributed by atoms with Gasteiger partial charge in [0.25, 0.3) is 5.91 Å². The van der Waals surface area contributed by atoms with Crippen molar-refractivity contribution >= 4 is 11.6 Å². The summed E-state index contributed by atoms with van der Waals surface area (Å²) in [7, 11) is 0. The topological polar surface area (TPSA) is 58.4 Å². The van der Waals surface area contributed by atoms with Crippen LogP contribution in [0.25, 0.3) is 0 Å². The zero-order valence-corrected chi connectivity index (χ0v) is 12.2. The van der Waals surface area contributed by atoms with Crippen molar-refractivity contribution in [2.45, 2.75) is 27.2 Å². The Morgan fingerprint density at radius 1 is 1.32 bits per heavy atom. The summed E-state index contributed by atoms with van der Waals surface area (Å²) in [5, 5.41) is 2.92. The van der Waals surface area contributed by atoms with Gasteiger partial charge < -0.3 is 16.0 Å². The fourth-order valence-corrected chi connectivity index (χ4v) is 2.03. The number of amides is 1. The van der Waals surface area contributed by atoms with E-state index in [1.807, 2.05) is 19.1 Å². The average Bonchev–Trinajstić information content (AvgIpc) is 2.38. The number of benzene rings is 1. The fraction of sp³-hybridized carbons (Fsp3) is 0.533. The first-order valence-corrected chi connectivity index (χ1v) is 6.95. The van der Waals surface area contributed by atoms with E-state index in [0.717, 1.165) is 31.6 Å². The first-order valence-electron chi connectivity index (χ1n) is 6.95. The van der Waals surface area contributed by atoms with Crippen LogP contribution in [0.1, 0.15) is 36.2 Å². The fourth-order valence-electron chi connectivity index (χ4n) is 2.03. The van der Waals surface area contributed by atoms with E-state index < -0.39 is 0 Å². The molecule has 4 heteroatoms. The van der Waals surface area contributed by atoms with Crippen LogP contribution in [-0.4, -0.2) is 37.0 Å². The number of hydrogen-bond acceptors (Lipinski definition) is 3. The van der Waals surface area contributed by atoms with E-state index in [0.29, 0.717) is 17.8 Å². The van der Waals surface area contributed by atoms with Crippen molar-refractivity contribution in [3.8, 4) is 0 Å². The van der Waals surface area contributed by atoms with Gasteiger partial charge in [0.1, 0.15) is 0 Å². The van der Waals surface area contributed by atoms with Gasteiger partial charge >= 0.3 is 0 Å². The van der Waals surface area contributed by atoms with Crippen LogP contribution in [0.2, 0.25) is 0 Å². The number of nitrogen functional groups attached to an aromatic ring is 1. The van der Waals surface area contributed by atoms with Crippen molar-refractivity contribution in [2.75, 3.05) is 31.9 Å². The molecule has 0 aliphatic carbocycles. The number of carbonyl (C=O) groups is 1. The number of hydrogen-bond donors (Lipinski definition) is 2. The van der Waals surface area contributed by atoms with E-state index >= 15 is 0 Å². The molecule has 1 aromatic rings. The Hall–Kier alpha value is -1.55. The highest BCUT2D eigenvalue weighted by atomic mass is 16.1. The lowest BCUT2D eigenvalue weighted by Crippen LogP contribution is -2.30. The van der Waals surface area contributed by atoms with Crippen molar-refractivity contribution < 1.29 is 4.79 Å². The standard InChI is InChI=1S/C15H25N3O/c1-4-18(5-2)10-6-9-17-15(19)13-8-7-12(3)11-14(13)16/h7-8,11H,4-6,9-10,16H2,1-3H3,(H,17,19). The van der Waals surface area contributed by atoms with Crippen molar-refractivity contribution in [1.82, 2.24) is 10.2 Å². The van der Waals surface area contributed by atoms with Crippen LogP contribution in [0.15, 0.2) is 18.2 Å². The van der Waals surface area contributed by atoms with Crippen LogP contribution in [0.3, 0.4) is 0 Å². The molecule has 0 radical (unpaired) electrons. The number of nitrogens with zero attached hydrogens (tertiary/aromatic N) is 1. The molecule has 0 aliphatic rings. The number of nitrogens with two attached hydrogens (primary N) is 1. The van der Waals surface area contributed by atoms with Crippen molar-refractivity contribution in [3.63, 3.8) is 0 Å². The molecule has 19 heavy (non-hydrogen) atoms. The number of nitrogens with one attached hydrogen (secondary N) is 1. The molecule has 1 amide bonds. The molecule has 0 atom stereocenters. The first-order chi connectivity index (χ1) is 9.08. The van der Waals surface area contributed by atoms with Crippen molar-refractivity contribution in [2.24, 2.45) is 0 Å². The lowest BCUT2D eigenvalue weighted by molar-refractivity contribution is 0.0952. The molecule has 0 unspecified atom stereocenters. The minimum Gasteiger partial charge on any atom is -0.398 e. The van der Waals surface area contributed by atoms with Crippen LogP contribution >= 0.6 is 0 Å². The normalized spacial score (nSPS) is 10.7. The second-order valence-electron chi connectivity index (χ2n) is 4.73. The van der Waals surface area contributed by atoms with Crippen LogP contribution in [-0.2, 0) is 0 Å². The summed E-state index contributed by atoms with van der Waals surface area (Å²) in [5.74, 6) is -0.0861. The molecule has 0 bridgehead atoms. The molecule has 4 nitrogen and oxygen atoms in total. The lowest BCUT2D eigenvalue weighted by atomic mass is 10.1. The predicted molar refractivity (Wildman–Crippen MR) is 80.3 cm³/mol. The highest BCUT2D eigenvalue weighted by Gasteiger charge is 2.08. The highest BCUT2D eigenvalue weighted by Crippen LogP contribution is 2.13. The molecular formula is C15H25N3O. The molecule has 3 N–H and O–H groups in total. The van der Waals surface area contributed by atoms with Crippen LogP contribution in [0.4, 0.5) is 5.69 Å². The minimum absolute atomic E-state index is 0.0861. The molecule has 0 fully saturated rings. The van der Waals surface area contributed by atoms with E-state index in [1.165, 1.54) is 0 Å². The summed E-state index contributed by atoms with van der Waals surface area (Å²) in [6.45, 7) is 10.1. The maximum absolute atomic E-state index is 12.0. The lowest BCUT2D eigenvalue weighted by Gasteiger charge is -2.17.